The molecule has 2 atom stereocenters. The van der Waals surface area contributed by atoms with Gasteiger partial charge in [0, 0.05) is 9.65 Å². The molecule has 0 aliphatic carbocycles. The van der Waals surface area contributed by atoms with Crippen LogP contribution in [0.2, 0.25) is 0 Å². The topological polar surface area (TPSA) is 0 Å². The third-order valence-corrected chi connectivity index (χ3v) is 4.00. The van der Waals surface area contributed by atoms with Gasteiger partial charge >= 0.3 is 0 Å². The van der Waals surface area contributed by atoms with Crippen LogP contribution in [0.25, 0.3) is 11.1 Å². The molecule has 0 spiro atoms. The second-order valence-electron chi connectivity index (χ2n) is 4.41. The Morgan fingerprint density at radius 1 is 0.778 bits per heavy atom. The van der Waals surface area contributed by atoms with Crippen LogP contribution in [0.5, 0.6) is 0 Å². The summed E-state index contributed by atoms with van der Waals surface area (Å²) >= 11 is 7.42. The van der Waals surface area contributed by atoms with E-state index in [0.717, 1.165) is 0 Å². The highest BCUT2D eigenvalue weighted by molar-refractivity contribution is 9.09. The number of hydrogen-bond donors (Lipinski definition) is 0. The third-order valence-electron chi connectivity index (χ3n) is 3.05. The van der Waals surface area contributed by atoms with Gasteiger partial charge in [0.2, 0.25) is 0 Å². The summed E-state index contributed by atoms with van der Waals surface area (Å²) in [5.74, 6) is 0. The molecule has 0 saturated heterocycles. The SMILES string of the molecule is CC(Br)c1cccc(-c2ccccc2)c1C(C)Br. The summed E-state index contributed by atoms with van der Waals surface area (Å²) in [6.45, 7) is 4.35. The lowest BCUT2D eigenvalue weighted by molar-refractivity contribution is 1.02. The van der Waals surface area contributed by atoms with Crippen LogP contribution in [0.1, 0.15) is 34.6 Å². The molecular weight excluding hydrogens is 352 g/mol. The van der Waals surface area contributed by atoms with Crippen LogP contribution in [0, 0.1) is 0 Å². The van der Waals surface area contributed by atoms with E-state index < -0.39 is 0 Å². The van der Waals surface area contributed by atoms with Crippen LogP contribution in [0.15, 0.2) is 48.5 Å². The van der Waals surface area contributed by atoms with Crippen molar-refractivity contribution in [2.45, 2.75) is 23.5 Å². The van der Waals surface area contributed by atoms with Crippen molar-refractivity contribution in [1.29, 1.82) is 0 Å². The van der Waals surface area contributed by atoms with Gasteiger partial charge in [0.05, 0.1) is 0 Å². The Labute approximate surface area is 126 Å². The Hall–Kier alpha value is -0.600. The van der Waals surface area contributed by atoms with E-state index in [1.54, 1.807) is 0 Å². The summed E-state index contributed by atoms with van der Waals surface area (Å²) in [4.78, 5) is 0.695. The smallest absolute Gasteiger partial charge is 0.0376 e. The second-order valence-corrected chi connectivity index (χ2v) is 7.15. The minimum absolute atomic E-state index is 0.337. The molecule has 94 valence electrons. The Morgan fingerprint density at radius 3 is 2.00 bits per heavy atom. The summed E-state index contributed by atoms with van der Waals surface area (Å²) < 4.78 is 0. The highest BCUT2D eigenvalue weighted by Gasteiger charge is 2.16. The van der Waals surface area contributed by atoms with E-state index in [1.807, 2.05) is 0 Å². The predicted molar refractivity (Wildman–Crippen MR) is 86.6 cm³/mol. The zero-order chi connectivity index (χ0) is 13.1. The standard InChI is InChI=1S/C16H16Br2/c1-11(17)14-9-6-10-15(16(14)12(2)18)13-7-4-3-5-8-13/h3-12H,1-2H3. The largest absolute Gasteiger partial charge is 0.0842 e. The van der Waals surface area contributed by atoms with Crippen molar-refractivity contribution in [2.75, 3.05) is 0 Å². The highest BCUT2D eigenvalue weighted by atomic mass is 79.9. The third kappa shape index (κ3) is 2.86. The van der Waals surface area contributed by atoms with Gasteiger partial charge in [-0.1, -0.05) is 80.4 Å². The number of alkyl halides is 2. The van der Waals surface area contributed by atoms with Crippen LogP contribution in [-0.4, -0.2) is 0 Å². The van der Waals surface area contributed by atoms with Gasteiger partial charge in [0.1, 0.15) is 0 Å². The fourth-order valence-corrected chi connectivity index (χ4v) is 3.15. The van der Waals surface area contributed by atoms with Crippen molar-refractivity contribution in [1.82, 2.24) is 0 Å². The van der Waals surface area contributed by atoms with Crippen molar-refractivity contribution in [3.8, 4) is 11.1 Å². The molecule has 2 aromatic rings. The van der Waals surface area contributed by atoms with Gasteiger partial charge in [-0.15, -0.1) is 0 Å². The van der Waals surface area contributed by atoms with Crippen LogP contribution < -0.4 is 0 Å². The molecule has 0 nitrogen and oxygen atoms in total. The maximum atomic E-state index is 3.73. The Kier molecular flexibility index (Phi) is 4.63. The van der Waals surface area contributed by atoms with Crippen LogP contribution >= 0.6 is 31.9 Å². The first-order valence-corrected chi connectivity index (χ1v) is 7.90. The normalized spacial score (nSPS) is 14.2. The first kappa shape index (κ1) is 13.8. The summed E-state index contributed by atoms with van der Waals surface area (Å²) in [7, 11) is 0. The van der Waals surface area contributed by atoms with E-state index >= 15 is 0 Å². The summed E-state index contributed by atoms with van der Waals surface area (Å²) in [5, 5.41) is 0. The number of hydrogen-bond acceptors (Lipinski definition) is 0. The minimum Gasteiger partial charge on any atom is -0.0842 e. The van der Waals surface area contributed by atoms with Crippen LogP contribution in [0.4, 0.5) is 0 Å². The second kappa shape index (κ2) is 6.03. The average Bonchev–Trinajstić information content (AvgIpc) is 2.38. The molecule has 0 amide bonds. The summed E-state index contributed by atoms with van der Waals surface area (Å²) in [5.41, 5.74) is 5.30. The van der Waals surface area contributed by atoms with E-state index in [0.29, 0.717) is 9.65 Å². The average molecular weight is 368 g/mol. The lowest BCUT2D eigenvalue weighted by atomic mass is 9.92. The van der Waals surface area contributed by atoms with E-state index in [-0.39, 0.29) is 0 Å². The van der Waals surface area contributed by atoms with Gasteiger partial charge in [0.25, 0.3) is 0 Å². The summed E-state index contributed by atoms with van der Waals surface area (Å²) in [6, 6.07) is 17.1. The quantitative estimate of drug-likeness (QED) is 0.561. The molecule has 2 heteroatoms. The number of benzene rings is 2. The van der Waals surface area contributed by atoms with Gasteiger partial charge in [-0.3, -0.25) is 0 Å². The minimum atomic E-state index is 0.337. The lowest BCUT2D eigenvalue weighted by Crippen LogP contribution is -1.98. The maximum Gasteiger partial charge on any atom is 0.0376 e. The van der Waals surface area contributed by atoms with Gasteiger partial charge in [-0.2, -0.15) is 0 Å². The molecule has 18 heavy (non-hydrogen) atoms. The number of rotatable bonds is 3. The molecule has 0 fully saturated rings. The highest BCUT2D eigenvalue weighted by Crippen LogP contribution is 2.39. The molecule has 0 bridgehead atoms. The molecule has 0 N–H and O–H groups in total. The van der Waals surface area contributed by atoms with E-state index in [2.05, 4.69) is 94.2 Å². The van der Waals surface area contributed by atoms with Gasteiger partial charge in [0.15, 0.2) is 0 Å². The van der Waals surface area contributed by atoms with Crippen molar-refractivity contribution in [3.63, 3.8) is 0 Å². The van der Waals surface area contributed by atoms with Crippen molar-refractivity contribution in [2.24, 2.45) is 0 Å². The molecule has 0 heterocycles. The zero-order valence-corrected chi connectivity index (χ0v) is 13.7. The van der Waals surface area contributed by atoms with Gasteiger partial charge in [-0.25, -0.2) is 0 Å². The van der Waals surface area contributed by atoms with Crippen LogP contribution in [-0.2, 0) is 0 Å². The Morgan fingerprint density at radius 2 is 1.44 bits per heavy atom. The fraction of sp³-hybridized carbons (Fsp3) is 0.250. The van der Waals surface area contributed by atoms with E-state index in [4.69, 9.17) is 0 Å². The fourth-order valence-electron chi connectivity index (χ4n) is 2.24. The van der Waals surface area contributed by atoms with Gasteiger partial charge in [-0.05, 0) is 36.1 Å². The van der Waals surface area contributed by atoms with Gasteiger partial charge < -0.3 is 0 Å². The molecular formula is C16H16Br2. The molecule has 0 radical (unpaired) electrons. The molecule has 2 unspecified atom stereocenters. The van der Waals surface area contributed by atoms with E-state index in [1.165, 1.54) is 22.3 Å². The zero-order valence-electron chi connectivity index (χ0n) is 10.5. The predicted octanol–water partition coefficient (Wildman–Crippen LogP) is 6.27. The van der Waals surface area contributed by atoms with Crippen molar-refractivity contribution >= 4 is 31.9 Å². The molecule has 0 aliphatic heterocycles. The molecule has 2 rings (SSSR count). The van der Waals surface area contributed by atoms with Crippen molar-refractivity contribution < 1.29 is 0 Å². The van der Waals surface area contributed by atoms with Crippen LogP contribution in [0.3, 0.4) is 0 Å². The maximum absolute atomic E-state index is 3.73. The first-order chi connectivity index (χ1) is 8.61. The summed E-state index contributed by atoms with van der Waals surface area (Å²) in [6.07, 6.45) is 0. The molecule has 2 aromatic carbocycles. The molecule has 0 aromatic heterocycles. The lowest BCUT2D eigenvalue weighted by Gasteiger charge is -2.18. The van der Waals surface area contributed by atoms with E-state index in [9.17, 15) is 0 Å². The molecule has 0 saturated carbocycles. The first-order valence-electron chi connectivity index (χ1n) is 6.07. The monoisotopic (exact) mass is 366 g/mol. The molecule has 0 aliphatic rings. The Bertz CT molecular complexity index is 516. The Balaban J connectivity index is 2.64. The number of halogens is 2. The van der Waals surface area contributed by atoms with Crippen molar-refractivity contribution in [3.05, 3.63) is 59.7 Å².